The van der Waals surface area contributed by atoms with E-state index in [9.17, 15) is 13.2 Å². The second kappa shape index (κ2) is 5.37. The first-order valence-electron chi connectivity index (χ1n) is 6.66. The third-order valence-corrected chi connectivity index (χ3v) is 3.43. The Labute approximate surface area is 120 Å². The molecule has 21 heavy (non-hydrogen) atoms. The van der Waals surface area contributed by atoms with Crippen LogP contribution in [0, 0.1) is 0 Å². The molecule has 2 heterocycles. The molecule has 0 radical (unpaired) electrons. The summed E-state index contributed by atoms with van der Waals surface area (Å²) in [4.78, 5) is 4.32. The molecule has 0 spiro atoms. The summed E-state index contributed by atoms with van der Waals surface area (Å²) >= 11 is 0. The highest BCUT2D eigenvalue weighted by Crippen LogP contribution is 2.35. The summed E-state index contributed by atoms with van der Waals surface area (Å²) in [6.07, 6.45) is -1.96. The SMILES string of the molecule is FC(F)(F)c1ccccc1Nc1cnc2c(c1)CNCC2. The molecule has 6 heteroatoms. The molecule has 0 saturated carbocycles. The molecule has 3 rings (SSSR count). The Bertz CT molecular complexity index is 653. The van der Waals surface area contributed by atoms with E-state index in [1.165, 1.54) is 12.1 Å². The van der Waals surface area contributed by atoms with E-state index in [0.717, 1.165) is 30.3 Å². The summed E-state index contributed by atoms with van der Waals surface area (Å²) in [5, 5.41) is 6.04. The van der Waals surface area contributed by atoms with Crippen molar-refractivity contribution >= 4 is 11.4 Å². The first-order valence-corrected chi connectivity index (χ1v) is 6.66. The van der Waals surface area contributed by atoms with E-state index in [1.54, 1.807) is 12.3 Å². The lowest BCUT2D eigenvalue weighted by molar-refractivity contribution is -0.136. The molecule has 1 aliphatic rings. The topological polar surface area (TPSA) is 37.0 Å². The number of rotatable bonds is 2. The molecule has 2 N–H and O–H groups in total. The minimum absolute atomic E-state index is 0.0375. The van der Waals surface area contributed by atoms with Gasteiger partial charge in [0, 0.05) is 25.2 Å². The summed E-state index contributed by atoms with van der Waals surface area (Å²) in [5.41, 5.74) is 1.95. The van der Waals surface area contributed by atoms with E-state index >= 15 is 0 Å². The van der Waals surface area contributed by atoms with Crippen LogP contribution in [0.15, 0.2) is 36.5 Å². The molecule has 1 aliphatic heterocycles. The molecule has 0 aliphatic carbocycles. The van der Waals surface area contributed by atoms with E-state index < -0.39 is 11.7 Å². The first-order chi connectivity index (χ1) is 10.0. The highest BCUT2D eigenvalue weighted by molar-refractivity contribution is 5.64. The fourth-order valence-corrected chi connectivity index (χ4v) is 2.41. The average Bonchev–Trinajstić information content (AvgIpc) is 2.46. The molecule has 2 aromatic rings. The molecule has 0 saturated heterocycles. The standard InChI is InChI=1S/C15H14F3N3/c16-15(17,18)12-3-1-2-4-14(12)21-11-7-10-8-19-6-5-13(10)20-9-11/h1-4,7,9,19,21H,5-6,8H2. The predicted octanol–water partition coefficient (Wildman–Crippen LogP) is 3.49. The van der Waals surface area contributed by atoms with Crippen LogP contribution in [0.5, 0.6) is 0 Å². The number of para-hydroxylation sites is 1. The Morgan fingerprint density at radius 3 is 2.81 bits per heavy atom. The van der Waals surface area contributed by atoms with Crippen LogP contribution in [0.2, 0.25) is 0 Å². The van der Waals surface area contributed by atoms with E-state index in [2.05, 4.69) is 15.6 Å². The van der Waals surface area contributed by atoms with Gasteiger partial charge >= 0.3 is 6.18 Å². The number of anilines is 2. The van der Waals surface area contributed by atoms with Gasteiger partial charge in [0.25, 0.3) is 0 Å². The summed E-state index contributed by atoms with van der Waals surface area (Å²) in [5.74, 6) is 0. The highest BCUT2D eigenvalue weighted by atomic mass is 19.4. The molecule has 3 nitrogen and oxygen atoms in total. The van der Waals surface area contributed by atoms with Crippen molar-refractivity contribution < 1.29 is 13.2 Å². The summed E-state index contributed by atoms with van der Waals surface area (Å²) in [7, 11) is 0. The lowest BCUT2D eigenvalue weighted by Gasteiger charge is -2.18. The van der Waals surface area contributed by atoms with Crippen LogP contribution in [0.25, 0.3) is 0 Å². The number of hydrogen-bond donors (Lipinski definition) is 2. The third-order valence-electron chi connectivity index (χ3n) is 3.43. The van der Waals surface area contributed by atoms with Gasteiger partial charge in [0.15, 0.2) is 0 Å². The van der Waals surface area contributed by atoms with E-state index in [-0.39, 0.29) is 5.69 Å². The van der Waals surface area contributed by atoms with Gasteiger partial charge in [-0.25, -0.2) is 0 Å². The van der Waals surface area contributed by atoms with Gasteiger partial charge < -0.3 is 10.6 Å². The summed E-state index contributed by atoms with van der Waals surface area (Å²) in [6, 6.07) is 7.28. The Morgan fingerprint density at radius 2 is 2.00 bits per heavy atom. The van der Waals surface area contributed by atoms with Crippen molar-refractivity contribution in [3.8, 4) is 0 Å². The molecule has 0 unspecified atom stereocenters. The van der Waals surface area contributed by atoms with Gasteiger partial charge in [-0.1, -0.05) is 12.1 Å². The molecular formula is C15H14F3N3. The zero-order chi connectivity index (χ0) is 14.9. The van der Waals surface area contributed by atoms with Crippen LogP contribution >= 0.6 is 0 Å². The molecule has 0 fully saturated rings. The zero-order valence-corrected chi connectivity index (χ0v) is 11.2. The molecule has 110 valence electrons. The maximum atomic E-state index is 13.0. The molecule has 0 bridgehead atoms. The second-order valence-corrected chi connectivity index (χ2v) is 4.92. The van der Waals surface area contributed by atoms with Crippen LogP contribution in [0.4, 0.5) is 24.5 Å². The number of alkyl halides is 3. The molecule has 0 amide bonds. The molecular weight excluding hydrogens is 279 g/mol. The lowest BCUT2D eigenvalue weighted by atomic mass is 10.1. The fourth-order valence-electron chi connectivity index (χ4n) is 2.41. The largest absolute Gasteiger partial charge is 0.418 e. The normalized spacial score (nSPS) is 14.6. The highest BCUT2D eigenvalue weighted by Gasteiger charge is 2.33. The van der Waals surface area contributed by atoms with Crippen LogP contribution in [0.1, 0.15) is 16.8 Å². The number of nitrogens with zero attached hydrogens (tertiary/aromatic N) is 1. The van der Waals surface area contributed by atoms with Gasteiger partial charge in [-0.15, -0.1) is 0 Å². The first kappa shape index (κ1) is 13.9. The van der Waals surface area contributed by atoms with Crippen molar-refractivity contribution in [1.82, 2.24) is 10.3 Å². The van der Waals surface area contributed by atoms with Gasteiger partial charge in [-0.2, -0.15) is 13.2 Å². The minimum atomic E-state index is -4.38. The Balaban J connectivity index is 1.91. The number of aromatic nitrogens is 1. The fraction of sp³-hybridized carbons (Fsp3) is 0.267. The number of pyridine rings is 1. The minimum Gasteiger partial charge on any atom is -0.354 e. The van der Waals surface area contributed by atoms with Crippen LogP contribution in [-0.2, 0) is 19.1 Å². The van der Waals surface area contributed by atoms with Crippen molar-refractivity contribution in [1.29, 1.82) is 0 Å². The van der Waals surface area contributed by atoms with Crippen molar-refractivity contribution in [3.05, 3.63) is 53.3 Å². The maximum absolute atomic E-state index is 13.0. The Kier molecular flexibility index (Phi) is 3.55. The van der Waals surface area contributed by atoms with E-state index in [1.807, 2.05) is 6.07 Å². The van der Waals surface area contributed by atoms with Gasteiger partial charge in [-0.05, 0) is 23.8 Å². The number of benzene rings is 1. The Morgan fingerprint density at radius 1 is 1.19 bits per heavy atom. The quantitative estimate of drug-likeness (QED) is 0.890. The average molecular weight is 293 g/mol. The van der Waals surface area contributed by atoms with Crippen LogP contribution in [-0.4, -0.2) is 11.5 Å². The molecule has 0 atom stereocenters. The Hall–Kier alpha value is -2.08. The summed E-state index contributed by atoms with van der Waals surface area (Å²) < 4.78 is 38.9. The third kappa shape index (κ3) is 3.00. The summed E-state index contributed by atoms with van der Waals surface area (Å²) in [6.45, 7) is 1.57. The van der Waals surface area contributed by atoms with Crippen LogP contribution in [0.3, 0.4) is 0 Å². The van der Waals surface area contributed by atoms with E-state index in [4.69, 9.17) is 0 Å². The van der Waals surface area contributed by atoms with Gasteiger partial charge in [0.05, 0.1) is 23.1 Å². The van der Waals surface area contributed by atoms with Gasteiger partial charge in [-0.3, -0.25) is 4.98 Å². The molecule has 1 aromatic heterocycles. The number of nitrogens with one attached hydrogen (secondary N) is 2. The smallest absolute Gasteiger partial charge is 0.354 e. The van der Waals surface area contributed by atoms with Crippen molar-refractivity contribution in [2.45, 2.75) is 19.1 Å². The molecule has 1 aromatic carbocycles. The van der Waals surface area contributed by atoms with Crippen molar-refractivity contribution in [3.63, 3.8) is 0 Å². The monoisotopic (exact) mass is 293 g/mol. The van der Waals surface area contributed by atoms with Crippen molar-refractivity contribution in [2.24, 2.45) is 0 Å². The predicted molar refractivity (Wildman–Crippen MR) is 74.4 cm³/mol. The van der Waals surface area contributed by atoms with Crippen molar-refractivity contribution in [2.75, 3.05) is 11.9 Å². The zero-order valence-electron chi connectivity index (χ0n) is 11.2. The lowest BCUT2D eigenvalue weighted by Crippen LogP contribution is -2.24. The van der Waals surface area contributed by atoms with E-state index in [0.29, 0.717) is 12.2 Å². The number of hydrogen-bond acceptors (Lipinski definition) is 3. The van der Waals surface area contributed by atoms with Crippen LogP contribution < -0.4 is 10.6 Å². The number of fused-ring (bicyclic) bond motifs is 1. The second-order valence-electron chi connectivity index (χ2n) is 4.92. The number of halogens is 3. The maximum Gasteiger partial charge on any atom is 0.418 e. The van der Waals surface area contributed by atoms with Gasteiger partial charge in [0.1, 0.15) is 0 Å². The van der Waals surface area contributed by atoms with Gasteiger partial charge in [0.2, 0.25) is 0 Å².